The molecule has 0 unspecified atom stereocenters. The molecule has 1 rings (SSSR count). The molecule has 0 aliphatic heterocycles. The van der Waals surface area contributed by atoms with Crippen LogP contribution in [0.2, 0.25) is 0 Å². The molecule has 0 aliphatic carbocycles. The lowest BCUT2D eigenvalue weighted by atomic mass is 10.2. The Morgan fingerprint density at radius 2 is 2.06 bits per heavy atom. The van der Waals surface area contributed by atoms with E-state index in [2.05, 4.69) is 15.9 Å². The van der Waals surface area contributed by atoms with Gasteiger partial charge in [0.1, 0.15) is 0 Å². The second-order valence-corrected chi connectivity index (χ2v) is 4.94. The normalized spacial score (nSPS) is 10.3. The highest BCUT2D eigenvalue weighted by Gasteiger charge is 2.09. The van der Waals surface area contributed by atoms with Crippen molar-refractivity contribution in [3.8, 4) is 0 Å². The second kappa shape index (κ2) is 7.45. The smallest absolute Gasteiger partial charge is 0.222 e. The van der Waals surface area contributed by atoms with Gasteiger partial charge in [0.05, 0.1) is 0 Å². The van der Waals surface area contributed by atoms with Crippen LogP contribution in [0.4, 0.5) is 0 Å². The van der Waals surface area contributed by atoms with Gasteiger partial charge in [0, 0.05) is 24.5 Å². The first-order valence-corrected chi connectivity index (χ1v) is 6.62. The summed E-state index contributed by atoms with van der Waals surface area (Å²) < 4.78 is 1.04. The summed E-state index contributed by atoms with van der Waals surface area (Å²) >= 11 is 3.48. The summed E-state index contributed by atoms with van der Waals surface area (Å²) in [6, 6.07) is 7.96. The first-order valence-electron chi connectivity index (χ1n) is 5.82. The summed E-state index contributed by atoms with van der Waals surface area (Å²) in [7, 11) is 1.84. The molecule has 0 atom stereocenters. The number of halogens is 1. The van der Waals surface area contributed by atoms with Gasteiger partial charge in [-0.3, -0.25) is 4.79 Å². The van der Waals surface area contributed by atoms with E-state index in [1.54, 1.807) is 4.90 Å². The largest absolute Gasteiger partial charge is 0.341 e. The number of benzene rings is 1. The molecule has 0 spiro atoms. The van der Waals surface area contributed by atoms with Crippen molar-refractivity contribution < 1.29 is 4.79 Å². The molecule has 2 N–H and O–H groups in total. The van der Waals surface area contributed by atoms with Crippen LogP contribution >= 0.6 is 15.9 Å². The van der Waals surface area contributed by atoms with E-state index < -0.39 is 0 Å². The monoisotopic (exact) mass is 298 g/mol. The topological polar surface area (TPSA) is 46.3 Å². The molecule has 0 radical (unpaired) electrons. The van der Waals surface area contributed by atoms with Gasteiger partial charge < -0.3 is 10.6 Å². The molecule has 17 heavy (non-hydrogen) atoms. The van der Waals surface area contributed by atoms with Gasteiger partial charge in [0.2, 0.25) is 5.91 Å². The van der Waals surface area contributed by atoms with Crippen LogP contribution in [-0.2, 0) is 11.3 Å². The quantitative estimate of drug-likeness (QED) is 0.821. The Bertz CT molecular complexity index is 368. The number of amides is 1. The molecule has 94 valence electrons. The van der Waals surface area contributed by atoms with Crippen molar-refractivity contribution in [2.45, 2.75) is 25.8 Å². The number of hydrogen-bond acceptors (Lipinski definition) is 2. The fraction of sp³-hybridized carbons (Fsp3) is 0.462. The molecule has 1 amide bonds. The van der Waals surface area contributed by atoms with Gasteiger partial charge in [-0.2, -0.15) is 0 Å². The zero-order chi connectivity index (χ0) is 12.7. The van der Waals surface area contributed by atoms with Crippen LogP contribution in [0.3, 0.4) is 0 Å². The number of nitrogens with two attached hydrogens (primary N) is 1. The van der Waals surface area contributed by atoms with E-state index in [-0.39, 0.29) is 5.91 Å². The van der Waals surface area contributed by atoms with Crippen molar-refractivity contribution in [2.24, 2.45) is 5.73 Å². The third-order valence-corrected chi connectivity index (χ3v) is 3.41. The molecule has 0 aromatic heterocycles. The maximum Gasteiger partial charge on any atom is 0.222 e. The average Bonchev–Trinajstić information content (AvgIpc) is 2.32. The summed E-state index contributed by atoms with van der Waals surface area (Å²) in [6.07, 6.45) is 2.36. The van der Waals surface area contributed by atoms with Crippen molar-refractivity contribution in [1.29, 1.82) is 0 Å². The van der Waals surface area contributed by atoms with Gasteiger partial charge in [-0.05, 0) is 31.0 Å². The zero-order valence-electron chi connectivity index (χ0n) is 10.2. The summed E-state index contributed by atoms with van der Waals surface area (Å²) in [4.78, 5) is 13.6. The first-order chi connectivity index (χ1) is 8.15. The molecule has 1 aromatic carbocycles. The molecule has 0 aliphatic rings. The van der Waals surface area contributed by atoms with Crippen molar-refractivity contribution in [3.05, 3.63) is 34.3 Å². The number of hydrogen-bond donors (Lipinski definition) is 1. The fourth-order valence-electron chi connectivity index (χ4n) is 1.58. The number of rotatable bonds is 6. The number of unbranched alkanes of at least 4 members (excludes halogenated alkanes) is 1. The fourth-order valence-corrected chi connectivity index (χ4v) is 1.99. The molecule has 1 aromatic rings. The van der Waals surface area contributed by atoms with Crippen LogP contribution in [0.5, 0.6) is 0 Å². The molecule has 0 saturated carbocycles. The molecular weight excluding hydrogens is 280 g/mol. The summed E-state index contributed by atoms with van der Waals surface area (Å²) in [5.41, 5.74) is 6.53. The van der Waals surface area contributed by atoms with Crippen molar-refractivity contribution in [3.63, 3.8) is 0 Å². The summed E-state index contributed by atoms with van der Waals surface area (Å²) in [5, 5.41) is 0. The van der Waals surface area contributed by atoms with Gasteiger partial charge in [0.25, 0.3) is 0 Å². The van der Waals surface area contributed by atoms with Gasteiger partial charge >= 0.3 is 0 Å². The molecule has 0 saturated heterocycles. The highest BCUT2D eigenvalue weighted by atomic mass is 79.9. The maximum absolute atomic E-state index is 11.8. The number of nitrogens with zero attached hydrogens (tertiary/aromatic N) is 1. The summed E-state index contributed by atoms with van der Waals surface area (Å²) in [6.45, 7) is 1.30. The lowest BCUT2D eigenvalue weighted by molar-refractivity contribution is -0.130. The third-order valence-electron chi connectivity index (χ3n) is 2.64. The van der Waals surface area contributed by atoms with Crippen molar-refractivity contribution >= 4 is 21.8 Å². The first kappa shape index (κ1) is 14.2. The van der Waals surface area contributed by atoms with Gasteiger partial charge in [-0.25, -0.2) is 0 Å². The van der Waals surface area contributed by atoms with Gasteiger partial charge in [-0.15, -0.1) is 0 Å². The molecule has 3 nitrogen and oxygen atoms in total. The number of carbonyl (C=O) groups excluding carboxylic acids is 1. The van der Waals surface area contributed by atoms with Crippen molar-refractivity contribution in [2.75, 3.05) is 13.6 Å². The molecule has 0 heterocycles. The highest BCUT2D eigenvalue weighted by molar-refractivity contribution is 9.10. The van der Waals surface area contributed by atoms with E-state index in [1.807, 2.05) is 31.3 Å². The minimum atomic E-state index is 0.175. The minimum Gasteiger partial charge on any atom is -0.341 e. The molecule has 0 bridgehead atoms. The Labute approximate surface area is 111 Å². The van der Waals surface area contributed by atoms with E-state index in [9.17, 15) is 4.79 Å². The van der Waals surface area contributed by atoms with Crippen LogP contribution in [0.15, 0.2) is 28.7 Å². The third kappa shape index (κ3) is 4.88. The van der Waals surface area contributed by atoms with Gasteiger partial charge in [0.15, 0.2) is 0 Å². The minimum absolute atomic E-state index is 0.175. The van der Waals surface area contributed by atoms with Crippen molar-refractivity contribution in [1.82, 2.24) is 4.90 Å². The van der Waals surface area contributed by atoms with E-state index in [0.717, 1.165) is 22.9 Å². The van der Waals surface area contributed by atoms with E-state index in [1.165, 1.54) is 0 Å². The highest BCUT2D eigenvalue weighted by Crippen LogP contribution is 2.17. The van der Waals surface area contributed by atoms with Crippen LogP contribution in [0.25, 0.3) is 0 Å². The lowest BCUT2D eigenvalue weighted by Gasteiger charge is -2.18. The van der Waals surface area contributed by atoms with Crippen LogP contribution in [-0.4, -0.2) is 24.4 Å². The predicted molar refractivity (Wildman–Crippen MR) is 73.5 cm³/mol. The molecule has 0 fully saturated rings. The lowest BCUT2D eigenvalue weighted by Crippen LogP contribution is -2.26. The Hall–Kier alpha value is -0.870. The molecule has 4 heteroatoms. The standard InChI is InChI=1S/C13H19BrN2O/c1-16(13(17)8-4-5-9-15)10-11-6-2-3-7-12(11)14/h2-3,6-7H,4-5,8-10,15H2,1H3. The van der Waals surface area contributed by atoms with Crippen LogP contribution in [0.1, 0.15) is 24.8 Å². The van der Waals surface area contributed by atoms with Crippen LogP contribution < -0.4 is 5.73 Å². The maximum atomic E-state index is 11.8. The van der Waals surface area contributed by atoms with E-state index >= 15 is 0 Å². The van der Waals surface area contributed by atoms with Crippen LogP contribution in [0, 0.1) is 0 Å². The number of carbonyl (C=O) groups is 1. The zero-order valence-corrected chi connectivity index (χ0v) is 11.7. The predicted octanol–water partition coefficient (Wildman–Crippen LogP) is 2.54. The van der Waals surface area contributed by atoms with Gasteiger partial charge in [-0.1, -0.05) is 34.1 Å². The van der Waals surface area contributed by atoms with E-state index in [0.29, 0.717) is 19.5 Å². The Kier molecular flexibility index (Phi) is 6.22. The Balaban J connectivity index is 2.46. The molecular formula is C13H19BrN2O. The van der Waals surface area contributed by atoms with E-state index in [4.69, 9.17) is 5.73 Å². The SMILES string of the molecule is CN(Cc1ccccc1Br)C(=O)CCCCN. The Morgan fingerprint density at radius 3 is 2.71 bits per heavy atom. The summed E-state index contributed by atoms with van der Waals surface area (Å²) in [5.74, 6) is 0.175. The second-order valence-electron chi connectivity index (χ2n) is 4.09. The Morgan fingerprint density at radius 1 is 1.35 bits per heavy atom. The average molecular weight is 299 g/mol.